The van der Waals surface area contributed by atoms with Gasteiger partial charge in [-0.05, 0) is 25.0 Å². The van der Waals surface area contributed by atoms with Crippen LogP contribution in [-0.2, 0) is 15.7 Å². The Balaban J connectivity index is 0.00000312. The number of halogens is 2. The first-order chi connectivity index (χ1) is 11.1. The molecule has 1 heterocycles. The van der Waals surface area contributed by atoms with Crippen LogP contribution in [-0.4, -0.2) is 42.4 Å². The zero-order chi connectivity index (χ0) is 18.1. The van der Waals surface area contributed by atoms with E-state index in [0.717, 1.165) is 5.17 Å². The molecular formula is C15H23Cl2N3O3S2. The molecular weight excluding hydrogens is 405 g/mol. The molecule has 0 radical (unpaired) electrons. The maximum atomic E-state index is 11.7. The Morgan fingerprint density at radius 3 is 2.64 bits per heavy atom. The summed E-state index contributed by atoms with van der Waals surface area (Å²) in [6.07, 6.45) is 0. The van der Waals surface area contributed by atoms with Gasteiger partial charge in [0.05, 0.1) is 10.8 Å². The van der Waals surface area contributed by atoms with E-state index in [2.05, 4.69) is 18.8 Å². The van der Waals surface area contributed by atoms with Crippen LogP contribution >= 0.6 is 35.8 Å². The minimum absolute atomic E-state index is 0. The van der Waals surface area contributed by atoms with Gasteiger partial charge in [0.25, 0.3) is 0 Å². The van der Waals surface area contributed by atoms with Crippen LogP contribution in [0.3, 0.4) is 0 Å². The first-order valence-electron chi connectivity index (χ1n) is 7.59. The second-order valence-electron chi connectivity index (χ2n) is 6.06. The maximum absolute atomic E-state index is 11.7. The number of hydrogen-bond acceptors (Lipinski definition) is 5. The highest BCUT2D eigenvalue weighted by Gasteiger charge is 2.44. The Morgan fingerprint density at radius 1 is 1.48 bits per heavy atom. The number of nitrogens with two attached hydrogens (primary N) is 1. The number of aliphatic imine (C=N–C) groups is 1. The van der Waals surface area contributed by atoms with Gasteiger partial charge >= 0.3 is 0 Å². The number of thioether (sulfide) groups is 1. The molecule has 1 aliphatic heterocycles. The fraction of sp³-hybridized carbons (Fsp3) is 0.533. The van der Waals surface area contributed by atoms with E-state index in [1.165, 1.54) is 23.9 Å². The van der Waals surface area contributed by atoms with Crippen LogP contribution in [0.5, 0.6) is 0 Å². The molecule has 1 unspecified atom stereocenters. The van der Waals surface area contributed by atoms with Crippen molar-refractivity contribution in [3.63, 3.8) is 0 Å². The van der Waals surface area contributed by atoms with E-state index < -0.39 is 15.7 Å². The van der Waals surface area contributed by atoms with Gasteiger partial charge in [0, 0.05) is 18.7 Å². The van der Waals surface area contributed by atoms with Crippen LogP contribution in [0.1, 0.15) is 26.3 Å². The quantitative estimate of drug-likeness (QED) is 0.752. The largest absolute Gasteiger partial charge is 0.366 e. The summed E-state index contributed by atoms with van der Waals surface area (Å²) >= 11 is 7.38. The van der Waals surface area contributed by atoms with Gasteiger partial charge in [0.1, 0.15) is 4.90 Å². The third-order valence-electron chi connectivity index (χ3n) is 3.69. The molecule has 1 atom stereocenters. The Labute approximate surface area is 164 Å². The van der Waals surface area contributed by atoms with Gasteiger partial charge in [-0.1, -0.05) is 43.3 Å². The summed E-state index contributed by atoms with van der Waals surface area (Å²) in [5.41, 5.74) is -0.917. The van der Waals surface area contributed by atoms with Crippen molar-refractivity contribution in [2.24, 2.45) is 16.0 Å². The normalized spacial score (nSPS) is 22.5. The smallest absolute Gasteiger partial charge is 0.239 e. The number of benzene rings is 1. The summed E-state index contributed by atoms with van der Waals surface area (Å²) in [6, 6.07) is 4.40. The van der Waals surface area contributed by atoms with E-state index in [4.69, 9.17) is 16.7 Å². The van der Waals surface area contributed by atoms with E-state index in [9.17, 15) is 13.5 Å². The number of hydrogen-bond donors (Lipinski definition) is 2. The van der Waals surface area contributed by atoms with Gasteiger partial charge in [0.15, 0.2) is 10.9 Å². The minimum atomic E-state index is -3.97. The second-order valence-corrected chi connectivity index (χ2v) is 8.94. The first kappa shape index (κ1) is 22.5. The lowest BCUT2D eigenvalue weighted by Crippen LogP contribution is -2.45. The van der Waals surface area contributed by atoms with Crippen molar-refractivity contribution in [3.8, 4) is 0 Å². The molecule has 0 saturated carbocycles. The summed E-state index contributed by atoms with van der Waals surface area (Å²) in [5.74, 6) is 0.763. The fourth-order valence-electron chi connectivity index (χ4n) is 2.48. The third-order valence-corrected chi connectivity index (χ3v) is 6.23. The number of primary sulfonamides is 1. The summed E-state index contributed by atoms with van der Waals surface area (Å²) in [4.78, 5) is 6.14. The average molecular weight is 428 g/mol. The number of aliphatic hydroxyl groups is 1. The second kappa shape index (κ2) is 8.45. The number of rotatable bonds is 5. The summed E-state index contributed by atoms with van der Waals surface area (Å²) < 4.78 is 23.4. The lowest BCUT2D eigenvalue weighted by atomic mass is 10.0. The lowest BCUT2D eigenvalue weighted by molar-refractivity contribution is -0.0455. The standard InChI is InChI=1S/C15H22ClN3O3S2.ClH/c1-4-19-14(18-8-10(2)3)23-9-15(19,20)11-5-6-12(16)13(7-11)24(17,21)22;/h5-7,10,20H,4,8-9H2,1-3H3,(H2,17,21,22);1H. The minimum Gasteiger partial charge on any atom is -0.366 e. The van der Waals surface area contributed by atoms with Crippen molar-refractivity contribution < 1.29 is 13.5 Å². The van der Waals surface area contributed by atoms with Crippen molar-refractivity contribution in [2.45, 2.75) is 31.4 Å². The molecule has 0 bridgehead atoms. The van der Waals surface area contributed by atoms with Crippen molar-refractivity contribution in [1.29, 1.82) is 0 Å². The molecule has 1 aliphatic rings. The van der Waals surface area contributed by atoms with E-state index in [-0.39, 0.29) is 22.3 Å². The first-order valence-corrected chi connectivity index (χ1v) is 10.5. The van der Waals surface area contributed by atoms with Crippen molar-refractivity contribution in [2.75, 3.05) is 18.8 Å². The SMILES string of the molecule is CCN1C(=NCC(C)C)SCC1(O)c1ccc(Cl)c(S(N)(=O)=O)c1.Cl. The lowest BCUT2D eigenvalue weighted by Gasteiger charge is -2.34. The molecule has 1 aromatic rings. The Hall–Kier alpha value is -0.510. The molecule has 1 saturated heterocycles. The summed E-state index contributed by atoms with van der Waals surface area (Å²) in [6.45, 7) is 7.26. The number of amidine groups is 1. The van der Waals surface area contributed by atoms with E-state index >= 15 is 0 Å². The molecule has 0 spiro atoms. The maximum Gasteiger partial charge on any atom is 0.239 e. The molecule has 1 aromatic carbocycles. The van der Waals surface area contributed by atoms with Crippen LogP contribution in [0.25, 0.3) is 0 Å². The predicted octanol–water partition coefficient (Wildman–Crippen LogP) is 2.64. The van der Waals surface area contributed by atoms with Gasteiger partial charge in [0.2, 0.25) is 10.0 Å². The van der Waals surface area contributed by atoms with Gasteiger partial charge in [-0.15, -0.1) is 12.4 Å². The highest BCUT2D eigenvalue weighted by molar-refractivity contribution is 8.14. The molecule has 2 rings (SSSR count). The van der Waals surface area contributed by atoms with Crippen LogP contribution in [0.15, 0.2) is 28.1 Å². The molecule has 25 heavy (non-hydrogen) atoms. The predicted molar refractivity (Wildman–Crippen MR) is 106 cm³/mol. The Bertz CT molecular complexity index is 756. The average Bonchev–Trinajstić information content (AvgIpc) is 2.81. The monoisotopic (exact) mass is 427 g/mol. The van der Waals surface area contributed by atoms with Crippen LogP contribution in [0.4, 0.5) is 0 Å². The Morgan fingerprint density at radius 2 is 2.12 bits per heavy atom. The van der Waals surface area contributed by atoms with Crippen molar-refractivity contribution in [3.05, 3.63) is 28.8 Å². The topological polar surface area (TPSA) is 96.0 Å². The molecule has 10 heteroatoms. The highest BCUT2D eigenvalue weighted by atomic mass is 35.5. The molecule has 0 amide bonds. The molecule has 0 aromatic heterocycles. The van der Waals surface area contributed by atoms with Crippen LogP contribution in [0, 0.1) is 5.92 Å². The van der Waals surface area contributed by atoms with Gasteiger partial charge in [-0.25, -0.2) is 13.6 Å². The fourth-order valence-corrected chi connectivity index (χ4v) is 4.80. The third kappa shape index (κ3) is 4.81. The van der Waals surface area contributed by atoms with Crippen LogP contribution in [0.2, 0.25) is 5.02 Å². The van der Waals surface area contributed by atoms with Crippen LogP contribution < -0.4 is 5.14 Å². The molecule has 1 fully saturated rings. The Kier molecular flexibility index (Phi) is 7.62. The molecule has 3 N–H and O–H groups in total. The molecule has 0 aliphatic carbocycles. The number of sulfonamides is 1. The van der Waals surface area contributed by atoms with Crippen molar-refractivity contribution in [1.82, 2.24) is 4.90 Å². The number of nitrogens with zero attached hydrogens (tertiary/aromatic N) is 2. The van der Waals surface area contributed by atoms with Crippen molar-refractivity contribution >= 4 is 51.0 Å². The molecule has 142 valence electrons. The zero-order valence-corrected chi connectivity index (χ0v) is 17.5. The zero-order valence-electron chi connectivity index (χ0n) is 14.3. The summed E-state index contributed by atoms with van der Waals surface area (Å²) in [5, 5.41) is 17.2. The van der Waals surface area contributed by atoms with E-state index in [1.807, 2.05) is 6.92 Å². The van der Waals surface area contributed by atoms with Gasteiger partial charge in [-0.2, -0.15) is 0 Å². The highest BCUT2D eigenvalue weighted by Crippen LogP contribution is 2.40. The van der Waals surface area contributed by atoms with E-state index in [1.54, 1.807) is 11.0 Å². The van der Waals surface area contributed by atoms with Gasteiger partial charge in [-0.3, -0.25) is 4.99 Å². The van der Waals surface area contributed by atoms with E-state index in [0.29, 0.717) is 30.3 Å². The molecule has 6 nitrogen and oxygen atoms in total. The summed E-state index contributed by atoms with van der Waals surface area (Å²) in [7, 11) is -3.97. The van der Waals surface area contributed by atoms with Gasteiger partial charge < -0.3 is 10.0 Å².